The van der Waals surface area contributed by atoms with Gasteiger partial charge in [-0.2, -0.15) is 0 Å². The molecule has 7 heteroatoms. The second kappa shape index (κ2) is 11.0. The van der Waals surface area contributed by atoms with Gasteiger partial charge >= 0.3 is 5.97 Å². The third-order valence-corrected chi connectivity index (χ3v) is 7.83. The van der Waals surface area contributed by atoms with Crippen LogP contribution in [0.15, 0.2) is 45.9 Å². The third kappa shape index (κ3) is 5.93. The van der Waals surface area contributed by atoms with E-state index in [4.69, 9.17) is 14.5 Å². The minimum absolute atomic E-state index is 0.0165. The van der Waals surface area contributed by atoms with Crippen molar-refractivity contribution in [2.24, 2.45) is 10.9 Å². The summed E-state index contributed by atoms with van der Waals surface area (Å²) in [5.41, 5.74) is 4.75. The Morgan fingerprint density at radius 1 is 1.18 bits per heavy atom. The molecule has 0 spiro atoms. The van der Waals surface area contributed by atoms with E-state index in [2.05, 4.69) is 71.1 Å². The first-order valence-corrected chi connectivity index (χ1v) is 13.3. The number of likely N-dealkylation sites (tertiary alicyclic amines) is 1. The third-order valence-electron chi connectivity index (χ3n) is 6.23. The molecular formula is C26H31BrN2O3S. The van der Waals surface area contributed by atoms with E-state index in [1.807, 2.05) is 6.92 Å². The Balaban J connectivity index is 1.44. The molecule has 0 aliphatic carbocycles. The zero-order valence-corrected chi connectivity index (χ0v) is 21.9. The molecule has 1 saturated heterocycles. The van der Waals surface area contributed by atoms with Gasteiger partial charge in [-0.15, -0.1) is 0 Å². The average Bonchev–Trinajstić information content (AvgIpc) is 3.29. The molecule has 0 bridgehead atoms. The van der Waals surface area contributed by atoms with Crippen molar-refractivity contribution in [1.82, 2.24) is 4.90 Å². The molecule has 2 aliphatic heterocycles. The molecule has 0 amide bonds. The van der Waals surface area contributed by atoms with Crippen molar-refractivity contribution >= 4 is 38.8 Å². The van der Waals surface area contributed by atoms with Gasteiger partial charge in [0, 0.05) is 28.9 Å². The fourth-order valence-electron chi connectivity index (χ4n) is 4.30. The summed E-state index contributed by atoms with van der Waals surface area (Å²) in [6.07, 6.45) is 1.66. The number of carbonyl (C=O) groups is 1. The Hall–Kier alpha value is -1.99. The average molecular weight is 532 g/mol. The lowest BCUT2D eigenvalue weighted by molar-refractivity contribution is -0.149. The molecule has 1 unspecified atom stereocenters. The number of benzene rings is 2. The van der Waals surface area contributed by atoms with Gasteiger partial charge in [-0.3, -0.25) is 9.79 Å². The zero-order valence-electron chi connectivity index (χ0n) is 19.5. The quantitative estimate of drug-likeness (QED) is 0.424. The summed E-state index contributed by atoms with van der Waals surface area (Å²) < 4.78 is 12.6. The van der Waals surface area contributed by atoms with E-state index in [1.54, 1.807) is 11.8 Å². The van der Waals surface area contributed by atoms with Gasteiger partial charge in [0.25, 0.3) is 0 Å². The van der Waals surface area contributed by atoms with Gasteiger partial charge in [-0.1, -0.05) is 51.5 Å². The minimum Gasteiger partial charge on any atom is -0.489 e. The molecule has 33 heavy (non-hydrogen) atoms. The molecule has 0 aromatic heterocycles. The van der Waals surface area contributed by atoms with E-state index in [9.17, 15) is 4.79 Å². The monoisotopic (exact) mass is 530 g/mol. The van der Waals surface area contributed by atoms with Crippen LogP contribution >= 0.6 is 27.7 Å². The van der Waals surface area contributed by atoms with Crippen LogP contribution in [0.5, 0.6) is 5.75 Å². The molecule has 1 atom stereocenters. The van der Waals surface area contributed by atoms with Crippen molar-refractivity contribution in [1.29, 1.82) is 0 Å². The summed E-state index contributed by atoms with van der Waals surface area (Å²) in [7, 11) is 0. The summed E-state index contributed by atoms with van der Waals surface area (Å²) in [4.78, 5) is 19.4. The van der Waals surface area contributed by atoms with Crippen molar-refractivity contribution in [3.8, 4) is 5.75 Å². The Labute approximate surface area is 209 Å². The molecule has 2 heterocycles. The molecular weight excluding hydrogens is 500 g/mol. The Morgan fingerprint density at radius 3 is 2.70 bits per heavy atom. The number of piperidine rings is 1. The lowest BCUT2D eigenvalue weighted by Crippen LogP contribution is -2.39. The maximum absolute atomic E-state index is 12.0. The van der Waals surface area contributed by atoms with Gasteiger partial charge in [-0.25, -0.2) is 0 Å². The highest BCUT2D eigenvalue weighted by Crippen LogP contribution is 2.38. The molecule has 0 saturated carbocycles. The van der Waals surface area contributed by atoms with Crippen LogP contribution < -0.4 is 4.74 Å². The predicted molar refractivity (Wildman–Crippen MR) is 138 cm³/mol. The van der Waals surface area contributed by atoms with Crippen LogP contribution in [0.25, 0.3) is 0 Å². The smallest absolute Gasteiger partial charge is 0.309 e. The first kappa shape index (κ1) is 24.1. The van der Waals surface area contributed by atoms with Gasteiger partial charge < -0.3 is 14.4 Å². The normalized spacial score (nSPS) is 18.8. The summed E-state index contributed by atoms with van der Waals surface area (Å²) in [5, 5.41) is 1.08. The number of thioether (sulfide) groups is 1. The summed E-state index contributed by atoms with van der Waals surface area (Å²) >= 11 is 5.33. The van der Waals surface area contributed by atoms with E-state index in [0.29, 0.717) is 13.2 Å². The molecule has 2 aliphatic rings. The molecule has 0 N–H and O–H groups in total. The molecule has 5 nitrogen and oxygen atoms in total. The second-order valence-corrected chi connectivity index (χ2v) is 10.6. The van der Waals surface area contributed by atoms with Gasteiger partial charge in [-0.05, 0) is 62.9 Å². The lowest BCUT2D eigenvalue weighted by Gasteiger charge is -2.31. The number of carbonyl (C=O) groups excluding carboxylic acids is 1. The van der Waals surface area contributed by atoms with E-state index >= 15 is 0 Å². The molecule has 1 fully saturated rings. The standard InChI is InChI=1S/C26H31BrN2O3S/c1-4-31-25(30)19-9-11-29(12-10-19)26-28-23(16-33-26)22-13-17(2)5-8-24(22)32-15-20-6-7-21(27)14-18(20)3/h5-8,13-14,19,23H,4,9-12,15-16H2,1-3H3. The maximum atomic E-state index is 12.0. The van der Waals surface area contributed by atoms with Crippen molar-refractivity contribution in [3.63, 3.8) is 0 Å². The first-order valence-electron chi connectivity index (χ1n) is 11.5. The van der Waals surface area contributed by atoms with Crippen LogP contribution in [0.2, 0.25) is 0 Å². The number of hydrogen-bond acceptors (Lipinski definition) is 6. The van der Waals surface area contributed by atoms with Gasteiger partial charge in [0.2, 0.25) is 0 Å². The van der Waals surface area contributed by atoms with Gasteiger partial charge in [0.05, 0.1) is 18.6 Å². The summed E-state index contributed by atoms with van der Waals surface area (Å²) in [5.74, 6) is 1.77. The SMILES string of the molecule is CCOC(=O)C1CCN(C2=NC(c3cc(C)ccc3OCc3ccc(Br)cc3C)CS2)CC1. The van der Waals surface area contributed by atoms with Crippen LogP contribution in [0.4, 0.5) is 0 Å². The number of esters is 1. The van der Waals surface area contributed by atoms with Crippen molar-refractivity contribution in [2.75, 3.05) is 25.4 Å². The van der Waals surface area contributed by atoms with E-state index in [0.717, 1.165) is 52.6 Å². The topological polar surface area (TPSA) is 51.1 Å². The molecule has 176 valence electrons. The number of rotatable bonds is 6. The van der Waals surface area contributed by atoms with Crippen LogP contribution in [0, 0.1) is 19.8 Å². The molecule has 0 radical (unpaired) electrons. The fraction of sp³-hybridized carbons (Fsp3) is 0.462. The van der Waals surface area contributed by atoms with E-state index in [-0.39, 0.29) is 17.9 Å². The lowest BCUT2D eigenvalue weighted by atomic mass is 9.97. The number of hydrogen-bond donors (Lipinski definition) is 0. The zero-order chi connectivity index (χ0) is 23.4. The van der Waals surface area contributed by atoms with E-state index < -0.39 is 0 Å². The van der Waals surface area contributed by atoms with Crippen molar-refractivity contribution < 1.29 is 14.3 Å². The van der Waals surface area contributed by atoms with Crippen LogP contribution in [0.1, 0.15) is 48.1 Å². The number of aliphatic imine (C=N–C) groups is 1. The van der Waals surface area contributed by atoms with Crippen LogP contribution in [0.3, 0.4) is 0 Å². The predicted octanol–water partition coefficient (Wildman–Crippen LogP) is 6.06. The molecule has 2 aromatic rings. The van der Waals surface area contributed by atoms with Crippen LogP contribution in [-0.2, 0) is 16.1 Å². The highest BCUT2D eigenvalue weighted by molar-refractivity contribution is 9.10. The second-order valence-electron chi connectivity index (χ2n) is 8.65. The highest BCUT2D eigenvalue weighted by Gasteiger charge is 2.31. The first-order chi connectivity index (χ1) is 15.9. The van der Waals surface area contributed by atoms with Crippen LogP contribution in [-0.4, -0.2) is 41.5 Å². The number of ether oxygens (including phenoxy) is 2. The highest BCUT2D eigenvalue weighted by atomic mass is 79.9. The largest absolute Gasteiger partial charge is 0.489 e. The summed E-state index contributed by atoms with van der Waals surface area (Å²) in [6.45, 7) is 8.76. The number of aryl methyl sites for hydroxylation is 2. The summed E-state index contributed by atoms with van der Waals surface area (Å²) in [6, 6.07) is 12.7. The Morgan fingerprint density at radius 2 is 1.97 bits per heavy atom. The Kier molecular flexibility index (Phi) is 8.02. The van der Waals surface area contributed by atoms with E-state index in [1.165, 1.54) is 16.7 Å². The number of nitrogens with zero attached hydrogens (tertiary/aromatic N) is 2. The van der Waals surface area contributed by atoms with Gasteiger partial charge in [0.15, 0.2) is 5.17 Å². The Bertz CT molecular complexity index is 1030. The molecule has 4 rings (SSSR count). The molecule has 2 aromatic carbocycles. The van der Waals surface area contributed by atoms with Crippen molar-refractivity contribution in [3.05, 3.63) is 63.1 Å². The fourth-order valence-corrected chi connectivity index (χ4v) is 5.90. The minimum atomic E-state index is -0.0568. The maximum Gasteiger partial charge on any atom is 0.309 e. The number of halogens is 1. The number of amidine groups is 1. The van der Waals surface area contributed by atoms with Crippen molar-refractivity contribution in [2.45, 2.75) is 46.3 Å². The van der Waals surface area contributed by atoms with Gasteiger partial charge in [0.1, 0.15) is 12.4 Å².